The molecule has 1 heterocycles. The van der Waals surface area contributed by atoms with Crippen LogP contribution in [0, 0.1) is 5.92 Å². The maximum absolute atomic E-state index is 3.55. The van der Waals surface area contributed by atoms with Crippen molar-refractivity contribution in [2.75, 3.05) is 52.9 Å². The van der Waals surface area contributed by atoms with E-state index < -0.39 is 0 Å². The van der Waals surface area contributed by atoms with Gasteiger partial charge in [0.15, 0.2) is 0 Å². The van der Waals surface area contributed by atoms with E-state index in [1.807, 2.05) is 0 Å². The van der Waals surface area contributed by atoms with Crippen LogP contribution in [0.4, 0.5) is 0 Å². The van der Waals surface area contributed by atoms with E-state index in [4.69, 9.17) is 0 Å². The number of hydrogen-bond acceptors (Lipinski definition) is 3. The van der Waals surface area contributed by atoms with Crippen LogP contribution in [0.3, 0.4) is 0 Å². The average molecular weight is 197 g/mol. The lowest BCUT2D eigenvalue weighted by Crippen LogP contribution is -2.46. The summed E-state index contributed by atoms with van der Waals surface area (Å²) in [6.07, 6.45) is 2.92. The van der Waals surface area contributed by atoms with Crippen LogP contribution in [-0.4, -0.2) is 62.7 Å². The summed E-state index contributed by atoms with van der Waals surface area (Å²) in [6.45, 7) is 8.66. The third-order valence-electron chi connectivity index (χ3n) is 3.33. The number of piperazine rings is 1. The van der Waals surface area contributed by atoms with Gasteiger partial charge in [0.2, 0.25) is 0 Å². The summed E-state index contributed by atoms with van der Waals surface area (Å²) in [7, 11) is 2.21. The fraction of sp³-hybridized carbons (Fsp3) is 1.00. The van der Waals surface area contributed by atoms with Crippen LogP contribution in [0.15, 0.2) is 0 Å². The Morgan fingerprint density at radius 2 is 1.86 bits per heavy atom. The molecule has 0 radical (unpaired) electrons. The lowest BCUT2D eigenvalue weighted by molar-refractivity contribution is 0.154. The summed E-state index contributed by atoms with van der Waals surface area (Å²) in [5.74, 6) is 1.02. The number of rotatable bonds is 5. The van der Waals surface area contributed by atoms with Gasteiger partial charge in [-0.25, -0.2) is 0 Å². The third-order valence-corrected chi connectivity index (χ3v) is 3.33. The zero-order valence-electron chi connectivity index (χ0n) is 9.34. The van der Waals surface area contributed by atoms with Crippen LogP contribution in [0.5, 0.6) is 0 Å². The first kappa shape index (κ1) is 10.4. The molecule has 1 saturated carbocycles. The van der Waals surface area contributed by atoms with Gasteiger partial charge in [-0.3, -0.25) is 4.90 Å². The van der Waals surface area contributed by atoms with Gasteiger partial charge in [-0.2, -0.15) is 0 Å². The zero-order valence-corrected chi connectivity index (χ0v) is 9.34. The molecule has 1 aliphatic heterocycles. The maximum atomic E-state index is 3.55. The summed E-state index contributed by atoms with van der Waals surface area (Å²) in [5, 5.41) is 3.55. The zero-order chi connectivity index (χ0) is 9.80. The van der Waals surface area contributed by atoms with E-state index in [-0.39, 0.29) is 0 Å². The average Bonchev–Trinajstić information content (AvgIpc) is 2.99. The van der Waals surface area contributed by atoms with Crippen molar-refractivity contribution >= 4 is 0 Å². The number of hydrogen-bond donors (Lipinski definition) is 1. The predicted octanol–water partition coefficient (Wildman–Crippen LogP) is 0.233. The van der Waals surface area contributed by atoms with E-state index in [0.29, 0.717) is 0 Å². The van der Waals surface area contributed by atoms with Crippen LogP contribution in [-0.2, 0) is 0 Å². The molecule has 0 bridgehead atoms. The Morgan fingerprint density at radius 1 is 1.14 bits per heavy atom. The van der Waals surface area contributed by atoms with E-state index >= 15 is 0 Å². The second-order valence-corrected chi connectivity index (χ2v) is 4.79. The van der Waals surface area contributed by atoms with Crippen molar-refractivity contribution in [3.63, 3.8) is 0 Å². The molecule has 2 aliphatic rings. The largest absolute Gasteiger partial charge is 0.315 e. The van der Waals surface area contributed by atoms with Gasteiger partial charge in [0.25, 0.3) is 0 Å². The van der Waals surface area contributed by atoms with Gasteiger partial charge in [-0.05, 0) is 32.4 Å². The van der Waals surface area contributed by atoms with Gasteiger partial charge in [0.05, 0.1) is 0 Å². The van der Waals surface area contributed by atoms with Gasteiger partial charge < -0.3 is 10.2 Å². The molecule has 2 fully saturated rings. The smallest absolute Gasteiger partial charge is 0.0110 e. The molecule has 82 valence electrons. The normalized spacial score (nSPS) is 25.5. The first-order valence-electron chi connectivity index (χ1n) is 5.96. The van der Waals surface area contributed by atoms with E-state index in [0.717, 1.165) is 5.92 Å². The molecule has 0 atom stereocenters. The summed E-state index contributed by atoms with van der Waals surface area (Å²) >= 11 is 0. The highest BCUT2D eigenvalue weighted by atomic mass is 15.2. The molecular weight excluding hydrogens is 174 g/mol. The van der Waals surface area contributed by atoms with E-state index in [2.05, 4.69) is 22.2 Å². The van der Waals surface area contributed by atoms with E-state index in [1.54, 1.807) is 0 Å². The topological polar surface area (TPSA) is 18.5 Å². The summed E-state index contributed by atoms with van der Waals surface area (Å²) in [6, 6.07) is 0. The van der Waals surface area contributed by atoms with Crippen LogP contribution in [0.25, 0.3) is 0 Å². The molecular formula is C11H23N3. The molecule has 2 rings (SSSR count). The second kappa shape index (κ2) is 5.10. The first-order valence-corrected chi connectivity index (χ1v) is 5.96. The van der Waals surface area contributed by atoms with Crippen molar-refractivity contribution in [3.05, 3.63) is 0 Å². The highest BCUT2D eigenvalue weighted by Crippen LogP contribution is 2.27. The van der Waals surface area contributed by atoms with Gasteiger partial charge in [-0.15, -0.1) is 0 Å². The Labute approximate surface area is 87.4 Å². The monoisotopic (exact) mass is 197 g/mol. The van der Waals surface area contributed by atoms with Gasteiger partial charge >= 0.3 is 0 Å². The van der Waals surface area contributed by atoms with E-state index in [1.165, 1.54) is 58.7 Å². The Balaban J connectivity index is 1.47. The second-order valence-electron chi connectivity index (χ2n) is 4.79. The van der Waals surface area contributed by atoms with Crippen molar-refractivity contribution in [2.45, 2.75) is 12.8 Å². The van der Waals surface area contributed by atoms with E-state index in [9.17, 15) is 0 Å². The molecule has 0 unspecified atom stereocenters. The summed E-state index contributed by atoms with van der Waals surface area (Å²) in [4.78, 5) is 4.98. The van der Waals surface area contributed by atoms with Crippen molar-refractivity contribution < 1.29 is 0 Å². The Morgan fingerprint density at radius 3 is 2.50 bits per heavy atom. The van der Waals surface area contributed by atoms with Gasteiger partial charge in [0.1, 0.15) is 0 Å². The molecule has 14 heavy (non-hydrogen) atoms. The molecule has 1 saturated heterocycles. The molecule has 0 aromatic carbocycles. The minimum atomic E-state index is 1.02. The molecule has 1 aliphatic carbocycles. The molecule has 0 aromatic heterocycles. The fourth-order valence-electron chi connectivity index (χ4n) is 1.94. The number of nitrogens with one attached hydrogen (secondary N) is 1. The van der Waals surface area contributed by atoms with Crippen LogP contribution >= 0.6 is 0 Å². The molecule has 3 heteroatoms. The maximum Gasteiger partial charge on any atom is 0.0110 e. The molecule has 0 amide bonds. The molecule has 0 spiro atoms. The Bertz CT molecular complexity index is 160. The lowest BCUT2D eigenvalue weighted by atomic mass is 10.3. The lowest BCUT2D eigenvalue weighted by Gasteiger charge is -2.32. The first-order chi connectivity index (χ1) is 6.84. The fourth-order valence-corrected chi connectivity index (χ4v) is 1.94. The van der Waals surface area contributed by atoms with Gasteiger partial charge in [-0.1, -0.05) is 0 Å². The highest BCUT2D eigenvalue weighted by molar-refractivity contribution is 4.76. The van der Waals surface area contributed by atoms with Crippen LogP contribution < -0.4 is 5.32 Å². The quantitative estimate of drug-likeness (QED) is 0.637. The number of likely N-dealkylation sites (N-methyl/N-ethyl adjacent to an activating group) is 1. The summed E-state index contributed by atoms with van der Waals surface area (Å²) < 4.78 is 0. The third kappa shape index (κ3) is 3.56. The minimum Gasteiger partial charge on any atom is -0.315 e. The standard InChI is InChI=1S/C11H23N3/c1-13-6-8-14(9-7-13)5-4-12-10-11-2-3-11/h11-12H,2-10H2,1H3. The van der Waals surface area contributed by atoms with Gasteiger partial charge in [0, 0.05) is 39.3 Å². The number of nitrogens with zero attached hydrogens (tertiary/aromatic N) is 2. The van der Waals surface area contributed by atoms with Crippen molar-refractivity contribution in [1.29, 1.82) is 0 Å². The van der Waals surface area contributed by atoms with Crippen molar-refractivity contribution in [3.8, 4) is 0 Å². The SMILES string of the molecule is CN1CCN(CCNCC2CC2)CC1. The highest BCUT2D eigenvalue weighted by Gasteiger charge is 2.20. The molecule has 3 nitrogen and oxygen atoms in total. The van der Waals surface area contributed by atoms with Crippen molar-refractivity contribution in [2.24, 2.45) is 5.92 Å². The molecule has 0 aromatic rings. The van der Waals surface area contributed by atoms with Crippen LogP contribution in [0.1, 0.15) is 12.8 Å². The summed E-state index contributed by atoms with van der Waals surface area (Å²) in [5.41, 5.74) is 0. The Kier molecular flexibility index (Phi) is 3.79. The van der Waals surface area contributed by atoms with Crippen molar-refractivity contribution in [1.82, 2.24) is 15.1 Å². The Hall–Kier alpha value is -0.120. The van der Waals surface area contributed by atoms with Crippen LogP contribution in [0.2, 0.25) is 0 Å². The predicted molar refractivity (Wildman–Crippen MR) is 59.5 cm³/mol. The minimum absolute atomic E-state index is 1.02. The molecule has 1 N–H and O–H groups in total.